The second-order valence-electron chi connectivity index (χ2n) is 6.25. The topological polar surface area (TPSA) is 38.3 Å². The molecule has 0 spiro atoms. The lowest BCUT2D eigenvalue weighted by atomic mass is 9.71. The Morgan fingerprint density at radius 3 is 2.95 bits per heavy atom. The molecule has 3 rings (SSSR count). The molecular formula is C16H20BrNO2. The second kappa shape index (κ2) is 5.06. The highest BCUT2D eigenvalue weighted by Crippen LogP contribution is 2.48. The van der Waals surface area contributed by atoms with Gasteiger partial charge in [-0.05, 0) is 44.2 Å². The van der Waals surface area contributed by atoms with Crippen LogP contribution in [-0.4, -0.2) is 22.4 Å². The molecule has 108 valence electrons. The third-order valence-corrected chi connectivity index (χ3v) is 4.76. The van der Waals surface area contributed by atoms with Crippen molar-refractivity contribution in [2.45, 2.75) is 55.5 Å². The van der Waals surface area contributed by atoms with Crippen molar-refractivity contribution >= 4 is 21.8 Å². The van der Waals surface area contributed by atoms with Crippen molar-refractivity contribution in [1.29, 1.82) is 0 Å². The first kappa shape index (κ1) is 13.9. The van der Waals surface area contributed by atoms with E-state index >= 15 is 0 Å². The van der Waals surface area contributed by atoms with Crippen LogP contribution in [0.5, 0.6) is 5.75 Å². The molecule has 1 saturated carbocycles. The van der Waals surface area contributed by atoms with E-state index in [0.29, 0.717) is 5.92 Å². The van der Waals surface area contributed by atoms with Crippen molar-refractivity contribution in [1.82, 2.24) is 5.32 Å². The number of carbonyl (C=O) groups is 1. The molecule has 1 N–H and O–H groups in total. The maximum Gasteiger partial charge on any atom is 0.233 e. The van der Waals surface area contributed by atoms with Gasteiger partial charge in [0.15, 0.2) is 0 Å². The first-order valence-corrected chi connectivity index (χ1v) is 8.11. The number of ether oxygens (including phenoxy) is 1. The molecule has 0 radical (unpaired) electrons. The van der Waals surface area contributed by atoms with Crippen LogP contribution < -0.4 is 10.1 Å². The van der Waals surface area contributed by atoms with Gasteiger partial charge in [0.1, 0.15) is 11.4 Å². The highest BCUT2D eigenvalue weighted by molar-refractivity contribution is 9.10. The fourth-order valence-corrected chi connectivity index (χ4v) is 3.69. The molecule has 1 fully saturated rings. The van der Waals surface area contributed by atoms with E-state index in [1.807, 2.05) is 13.0 Å². The van der Waals surface area contributed by atoms with Gasteiger partial charge in [-0.2, -0.15) is 0 Å². The molecule has 1 aromatic carbocycles. The van der Waals surface area contributed by atoms with Gasteiger partial charge in [-0.3, -0.25) is 4.79 Å². The van der Waals surface area contributed by atoms with Gasteiger partial charge in [0, 0.05) is 12.5 Å². The Balaban J connectivity index is 1.82. The average molecular weight is 338 g/mol. The number of benzene rings is 1. The number of carbonyl (C=O) groups excluding carboxylic acids is 1. The van der Waals surface area contributed by atoms with Gasteiger partial charge in [0.2, 0.25) is 5.91 Å². The van der Waals surface area contributed by atoms with E-state index in [1.54, 1.807) is 0 Å². The molecule has 1 heterocycles. The highest BCUT2D eigenvalue weighted by atomic mass is 79.9. The van der Waals surface area contributed by atoms with Gasteiger partial charge < -0.3 is 10.1 Å². The van der Waals surface area contributed by atoms with E-state index in [9.17, 15) is 4.79 Å². The van der Waals surface area contributed by atoms with Crippen molar-refractivity contribution in [3.63, 3.8) is 0 Å². The molecule has 4 heteroatoms. The predicted molar refractivity (Wildman–Crippen MR) is 82.4 cm³/mol. The summed E-state index contributed by atoms with van der Waals surface area (Å²) >= 11 is 3.32. The SMILES string of the molecule is CC(Br)C(=O)N[C@H]1CC2CC(C)(C1)Oc1ccccc12. The second-order valence-corrected chi connectivity index (χ2v) is 7.63. The van der Waals surface area contributed by atoms with E-state index in [0.717, 1.165) is 25.0 Å². The normalized spacial score (nSPS) is 32.8. The number of para-hydroxylation sites is 1. The fraction of sp³-hybridized carbons (Fsp3) is 0.562. The van der Waals surface area contributed by atoms with Gasteiger partial charge in [-0.1, -0.05) is 34.1 Å². The summed E-state index contributed by atoms with van der Waals surface area (Å²) in [4.78, 5) is 11.7. The van der Waals surface area contributed by atoms with Gasteiger partial charge >= 0.3 is 0 Å². The van der Waals surface area contributed by atoms with Crippen LogP contribution in [0.1, 0.15) is 44.6 Å². The first-order valence-electron chi connectivity index (χ1n) is 7.19. The van der Waals surface area contributed by atoms with Gasteiger partial charge in [0.25, 0.3) is 0 Å². The van der Waals surface area contributed by atoms with E-state index in [-0.39, 0.29) is 22.4 Å². The summed E-state index contributed by atoms with van der Waals surface area (Å²) in [7, 11) is 0. The Morgan fingerprint density at radius 1 is 1.45 bits per heavy atom. The molecule has 1 aliphatic heterocycles. The van der Waals surface area contributed by atoms with Crippen LogP contribution in [-0.2, 0) is 4.79 Å². The Kier molecular flexibility index (Phi) is 3.53. The summed E-state index contributed by atoms with van der Waals surface area (Å²) in [6.07, 6.45) is 2.92. The van der Waals surface area contributed by atoms with Crippen molar-refractivity contribution in [2.24, 2.45) is 0 Å². The smallest absolute Gasteiger partial charge is 0.233 e. The number of alkyl halides is 1. The Morgan fingerprint density at radius 2 is 2.20 bits per heavy atom. The lowest BCUT2D eigenvalue weighted by Crippen LogP contribution is -2.52. The quantitative estimate of drug-likeness (QED) is 0.840. The van der Waals surface area contributed by atoms with Crippen LogP contribution in [0, 0.1) is 0 Å². The van der Waals surface area contributed by atoms with Crippen LogP contribution in [0.3, 0.4) is 0 Å². The van der Waals surface area contributed by atoms with E-state index in [1.165, 1.54) is 5.56 Å². The number of fused-ring (bicyclic) bond motifs is 4. The van der Waals surface area contributed by atoms with Crippen LogP contribution in [0.25, 0.3) is 0 Å². The van der Waals surface area contributed by atoms with Gasteiger partial charge in [0.05, 0.1) is 4.83 Å². The van der Waals surface area contributed by atoms with Gasteiger partial charge in [-0.15, -0.1) is 0 Å². The Labute approximate surface area is 128 Å². The van der Waals surface area contributed by atoms with Gasteiger partial charge in [-0.25, -0.2) is 0 Å². The summed E-state index contributed by atoms with van der Waals surface area (Å²) in [5, 5.41) is 3.14. The maximum absolute atomic E-state index is 11.9. The van der Waals surface area contributed by atoms with Crippen LogP contribution in [0.4, 0.5) is 0 Å². The van der Waals surface area contributed by atoms with E-state index in [2.05, 4.69) is 46.4 Å². The van der Waals surface area contributed by atoms with Crippen LogP contribution >= 0.6 is 15.9 Å². The average Bonchev–Trinajstić information content (AvgIpc) is 2.37. The fourth-order valence-electron chi connectivity index (χ4n) is 3.56. The van der Waals surface area contributed by atoms with E-state index < -0.39 is 0 Å². The molecular weight excluding hydrogens is 318 g/mol. The van der Waals surface area contributed by atoms with Crippen molar-refractivity contribution in [3.05, 3.63) is 29.8 Å². The molecule has 1 amide bonds. The number of halogens is 1. The zero-order chi connectivity index (χ0) is 14.3. The maximum atomic E-state index is 11.9. The molecule has 2 aliphatic rings. The van der Waals surface area contributed by atoms with Crippen molar-refractivity contribution < 1.29 is 9.53 Å². The van der Waals surface area contributed by atoms with Crippen molar-refractivity contribution in [2.75, 3.05) is 0 Å². The summed E-state index contributed by atoms with van der Waals surface area (Å²) in [5.74, 6) is 1.56. The van der Waals surface area contributed by atoms with E-state index in [4.69, 9.17) is 4.74 Å². The third-order valence-electron chi connectivity index (χ3n) is 4.35. The largest absolute Gasteiger partial charge is 0.487 e. The predicted octanol–water partition coefficient (Wildman–Crippen LogP) is 3.37. The number of rotatable bonds is 2. The molecule has 3 unspecified atom stereocenters. The third kappa shape index (κ3) is 2.58. The lowest BCUT2D eigenvalue weighted by molar-refractivity contribution is -0.121. The molecule has 3 nitrogen and oxygen atoms in total. The standard InChI is InChI=1S/C16H20BrNO2/c1-10(17)15(19)18-12-7-11-8-16(2,9-12)20-14-6-4-3-5-13(11)14/h3-6,10-12H,7-9H2,1-2H3,(H,18,19)/t10?,11?,12-,16?/m0/s1. The Hall–Kier alpha value is -1.03. The summed E-state index contributed by atoms with van der Waals surface area (Å²) in [6, 6.07) is 8.48. The molecule has 4 atom stereocenters. The monoisotopic (exact) mass is 337 g/mol. The number of hydrogen-bond acceptors (Lipinski definition) is 2. The van der Waals surface area contributed by atoms with Crippen LogP contribution in [0.2, 0.25) is 0 Å². The molecule has 0 saturated heterocycles. The molecule has 2 bridgehead atoms. The zero-order valence-corrected chi connectivity index (χ0v) is 13.4. The minimum absolute atomic E-state index is 0.0619. The molecule has 1 aromatic rings. The molecule has 1 aliphatic carbocycles. The summed E-state index contributed by atoms with van der Waals surface area (Å²) in [6.45, 7) is 4.01. The first-order chi connectivity index (χ1) is 9.47. The number of nitrogens with one attached hydrogen (secondary N) is 1. The van der Waals surface area contributed by atoms with Crippen LogP contribution in [0.15, 0.2) is 24.3 Å². The zero-order valence-electron chi connectivity index (χ0n) is 11.9. The molecule has 0 aromatic heterocycles. The summed E-state index contributed by atoms with van der Waals surface area (Å²) < 4.78 is 6.20. The minimum atomic E-state index is -0.162. The lowest BCUT2D eigenvalue weighted by Gasteiger charge is -2.47. The highest BCUT2D eigenvalue weighted by Gasteiger charge is 2.44. The number of amides is 1. The molecule has 20 heavy (non-hydrogen) atoms. The van der Waals surface area contributed by atoms with Crippen molar-refractivity contribution in [3.8, 4) is 5.75 Å². The minimum Gasteiger partial charge on any atom is -0.487 e. The summed E-state index contributed by atoms with van der Waals surface area (Å²) in [5.41, 5.74) is 1.13. The number of hydrogen-bond donors (Lipinski definition) is 1. The Bertz CT molecular complexity index is 531.